The summed E-state index contributed by atoms with van der Waals surface area (Å²) in [4.78, 5) is 0. The van der Waals surface area contributed by atoms with Crippen molar-refractivity contribution in [2.75, 3.05) is 21.3 Å². The van der Waals surface area contributed by atoms with Crippen LogP contribution in [0.15, 0.2) is 127 Å². The molecule has 0 heterocycles. The second-order valence-corrected chi connectivity index (χ2v) is 53.1. The topological polar surface area (TPSA) is 27.7 Å². The standard InChI is InChI=1S/C12H18O2.C11H16O.2C11H16.C10H20.C10H14.C10H22.C9H20.C8H18.3C7H16.C6H14.C5H12/c1-12(2,3)9-6-7-10(13-4)11(8-9)14-5;1-11(2,3)9-5-7-10(12-4)8-6-9;1-9-5-7-10(8-6-9)11(2,3)4;1-11(2,3)9-10-7-5-4-6-8-10;2*1-10(2,3)9-7-5-4-6-8-9;1-5-6-7-8-9-10(2,3)4;1-5-6-7-8-9(2,3)4;1-5-6-7-8(2,3)4;1-6(2)7(3,4)5;2*1-5-6-7(2,3)4;1-5-6(2,3)4;1-5(2,3)4/h6-8H,1-5H3;5-8H,1-4H3;5-8H,1-4H3;4-8H,9H2,1-3H3;9H,4-8H2,1-3H3;4-8H,1-3H3;5-9H2,1-4H3;5-8H2,1-4H3;5-7H2,1-4H3;6H,1-5H3;2*5-6H2,1-4H3;5H2,1-4H3;1-4H3. The molecule has 0 spiro atoms. The highest BCUT2D eigenvalue weighted by atomic mass is 16.5. The third kappa shape index (κ3) is 105. The highest BCUT2D eigenvalue weighted by molar-refractivity contribution is 5.44. The molecule has 1 saturated carbocycles. The lowest BCUT2D eigenvalue weighted by Gasteiger charge is -2.33. The predicted octanol–water partition coefficient (Wildman–Crippen LogP) is 42.8. The lowest BCUT2D eigenvalue weighted by Crippen LogP contribution is -2.22. The van der Waals surface area contributed by atoms with E-state index in [9.17, 15) is 0 Å². The molecule has 5 aromatic rings. The van der Waals surface area contributed by atoms with Crippen molar-refractivity contribution in [3.05, 3.63) is 161 Å². The normalized spacial score (nSPS) is 12.7. The molecule has 127 heavy (non-hydrogen) atoms. The Bertz CT molecular complexity index is 3170. The van der Waals surface area contributed by atoms with E-state index in [4.69, 9.17) is 14.2 Å². The number of ether oxygens (including phenoxy) is 3. The number of rotatable bonds is 15. The fourth-order valence-corrected chi connectivity index (χ4v) is 11.8. The van der Waals surface area contributed by atoms with Gasteiger partial charge in [0.1, 0.15) is 5.75 Å². The van der Waals surface area contributed by atoms with Crippen molar-refractivity contribution < 1.29 is 14.2 Å². The molecule has 0 amide bonds. The molecule has 0 radical (unpaired) electrons. The maximum atomic E-state index is 5.25. The van der Waals surface area contributed by atoms with Crippen molar-refractivity contribution in [2.45, 2.75) is 529 Å². The summed E-state index contributed by atoms with van der Waals surface area (Å²) in [6.07, 6.45) is 31.7. The van der Waals surface area contributed by atoms with Crippen LogP contribution in [0.1, 0.15) is 528 Å². The first kappa shape index (κ1) is 138. The van der Waals surface area contributed by atoms with Crippen molar-refractivity contribution >= 4 is 0 Å². The third-order valence-corrected chi connectivity index (χ3v) is 21.6. The Labute approximate surface area is 803 Å². The quantitative estimate of drug-likeness (QED) is 0.0978. The highest BCUT2D eigenvalue weighted by Crippen LogP contribution is 2.38. The van der Waals surface area contributed by atoms with Gasteiger partial charge < -0.3 is 14.2 Å². The van der Waals surface area contributed by atoms with E-state index >= 15 is 0 Å². The van der Waals surface area contributed by atoms with Gasteiger partial charge in [0.2, 0.25) is 0 Å². The molecule has 0 unspecified atom stereocenters. The molecule has 0 saturated heterocycles. The zero-order valence-corrected chi connectivity index (χ0v) is 97.3. The van der Waals surface area contributed by atoms with Crippen LogP contribution in [0.25, 0.3) is 0 Å². The van der Waals surface area contributed by atoms with Crippen LogP contribution in [0, 0.1) is 72.9 Å². The largest absolute Gasteiger partial charge is 0.497 e. The van der Waals surface area contributed by atoms with Crippen LogP contribution >= 0.6 is 0 Å². The summed E-state index contributed by atoms with van der Waals surface area (Å²) in [5, 5.41) is 0. The molecular formula is C124H234O3. The fourth-order valence-electron chi connectivity index (χ4n) is 11.8. The van der Waals surface area contributed by atoms with Crippen LogP contribution in [-0.4, -0.2) is 21.3 Å². The van der Waals surface area contributed by atoms with Gasteiger partial charge in [-0.3, -0.25) is 0 Å². The molecule has 0 aromatic heterocycles. The Kier molecular flexibility index (Phi) is 75.3. The number of hydrogen-bond donors (Lipinski definition) is 0. The Hall–Kier alpha value is -4.50. The second-order valence-electron chi connectivity index (χ2n) is 53.1. The van der Waals surface area contributed by atoms with Crippen molar-refractivity contribution in [3.63, 3.8) is 0 Å². The fraction of sp³-hybridized carbons (Fsp3) is 0.758. The zero-order valence-electron chi connectivity index (χ0n) is 97.3. The van der Waals surface area contributed by atoms with Crippen LogP contribution in [0.4, 0.5) is 0 Å². The third-order valence-electron chi connectivity index (χ3n) is 21.6. The molecule has 1 aliphatic rings. The maximum Gasteiger partial charge on any atom is 0.161 e. The van der Waals surface area contributed by atoms with E-state index in [2.05, 4.69) is 463 Å². The van der Waals surface area contributed by atoms with E-state index in [-0.39, 0.29) is 16.2 Å². The van der Waals surface area contributed by atoms with E-state index in [1.54, 1.807) is 21.3 Å². The van der Waals surface area contributed by atoms with Crippen LogP contribution < -0.4 is 14.2 Å². The van der Waals surface area contributed by atoms with Crippen molar-refractivity contribution in [1.82, 2.24) is 0 Å². The van der Waals surface area contributed by atoms with Gasteiger partial charge in [0, 0.05) is 0 Å². The molecule has 748 valence electrons. The van der Waals surface area contributed by atoms with E-state index in [0.717, 1.165) is 35.5 Å². The maximum absolute atomic E-state index is 5.25. The summed E-state index contributed by atoms with van der Waals surface area (Å²) in [5.41, 5.74) is 14.4. The predicted molar refractivity (Wildman–Crippen MR) is 589 cm³/mol. The first-order valence-electron chi connectivity index (χ1n) is 51.2. The Balaban J connectivity index is -0.000000202. The van der Waals surface area contributed by atoms with Gasteiger partial charge in [-0.05, 0) is 198 Å². The van der Waals surface area contributed by atoms with E-state index in [0.29, 0.717) is 59.6 Å². The number of hydrogen-bond acceptors (Lipinski definition) is 3. The lowest BCUT2D eigenvalue weighted by atomic mass is 9.72. The molecule has 0 bridgehead atoms. The van der Waals surface area contributed by atoms with Gasteiger partial charge in [-0.1, -0.05) is 558 Å². The minimum absolute atomic E-state index is 0.138. The summed E-state index contributed by atoms with van der Waals surface area (Å²) < 4.78 is 15.5. The van der Waals surface area contributed by atoms with Crippen LogP contribution in [0.3, 0.4) is 0 Å². The summed E-state index contributed by atoms with van der Waals surface area (Å²) in [6, 6.07) is 44.2. The first-order chi connectivity index (χ1) is 57.1. The average Bonchev–Trinajstić information content (AvgIpc) is 0.837. The van der Waals surface area contributed by atoms with Crippen molar-refractivity contribution in [2.24, 2.45) is 66.0 Å². The van der Waals surface area contributed by atoms with E-state index < -0.39 is 0 Å². The van der Waals surface area contributed by atoms with Crippen LogP contribution in [0.2, 0.25) is 0 Å². The van der Waals surface area contributed by atoms with Gasteiger partial charge in [0.15, 0.2) is 11.5 Å². The zero-order chi connectivity index (χ0) is 102. The summed E-state index contributed by atoms with van der Waals surface area (Å²) in [7, 11) is 4.99. The number of unbranched alkanes of at least 4 members (excludes halogenated alkanes) is 6. The Morgan fingerprint density at radius 1 is 0.291 bits per heavy atom. The molecule has 1 fully saturated rings. The molecule has 3 nitrogen and oxygen atoms in total. The van der Waals surface area contributed by atoms with E-state index in [1.165, 1.54) is 175 Å². The summed E-state index contributed by atoms with van der Waals surface area (Å²) >= 11 is 0. The molecule has 1 aliphatic carbocycles. The highest BCUT2D eigenvalue weighted by Gasteiger charge is 2.26. The Morgan fingerprint density at radius 3 is 0.819 bits per heavy atom. The molecule has 0 aliphatic heterocycles. The summed E-state index contributed by atoms with van der Waals surface area (Å²) in [6.45, 7) is 117. The first-order valence-corrected chi connectivity index (χ1v) is 51.2. The minimum atomic E-state index is 0.138. The van der Waals surface area contributed by atoms with Crippen LogP contribution in [-0.2, 0) is 28.1 Å². The van der Waals surface area contributed by atoms with Gasteiger partial charge in [-0.2, -0.15) is 0 Å². The lowest BCUT2D eigenvalue weighted by molar-refractivity contribution is 0.180. The number of aryl methyl sites for hydroxylation is 1. The minimum Gasteiger partial charge on any atom is -0.497 e. The number of benzene rings is 5. The SMILES string of the molecule is CC(C)(C)C.CC(C)(C)C1CCCCC1.CC(C)(C)Cc1ccccc1.CC(C)(C)c1ccccc1.CC(C)C(C)(C)C.CCC(C)(C)C.CCCC(C)(C)C.CCCC(C)(C)C.CCCCC(C)(C)C.CCCCCC(C)(C)C.CCCCCCC(C)(C)C.COc1ccc(C(C)(C)C)cc1.COc1ccc(C(C)(C)C)cc1OC.Cc1ccc(C(C)(C)C)cc1. The average molecular weight is 1770 g/mol. The molecule has 6 rings (SSSR count). The van der Waals surface area contributed by atoms with Crippen LogP contribution in [0.5, 0.6) is 17.2 Å². The van der Waals surface area contributed by atoms with Gasteiger partial charge in [-0.25, -0.2) is 0 Å². The summed E-state index contributed by atoms with van der Waals surface area (Å²) in [5.74, 6) is 4.29. The molecule has 0 N–H and O–H groups in total. The molecule has 5 aromatic carbocycles. The smallest absolute Gasteiger partial charge is 0.161 e. The van der Waals surface area contributed by atoms with Crippen molar-refractivity contribution in [3.8, 4) is 17.2 Å². The van der Waals surface area contributed by atoms with Gasteiger partial charge in [-0.15, -0.1) is 0 Å². The molecule has 3 heteroatoms. The molecular weight excluding hydrogens is 1540 g/mol. The second kappa shape index (κ2) is 69.3. The Morgan fingerprint density at radius 2 is 0.583 bits per heavy atom. The van der Waals surface area contributed by atoms with Gasteiger partial charge in [0.25, 0.3) is 0 Å². The number of methoxy groups -OCH3 is 3. The monoisotopic (exact) mass is 1770 g/mol. The van der Waals surface area contributed by atoms with Crippen molar-refractivity contribution in [1.29, 1.82) is 0 Å². The van der Waals surface area contributed by atoms with E-state index in [1.807, 2.05) is 24.3 Å². The van der Waals surface area contributed by atoms with Gasteiger partial charge in [0.05, 0.1) is 21.3 Å². The van der Waals surface area contributed by atoms with Gasteiger partial charge >= 0.3 is 0 Å². The molecule has 0 atom stereocenters.